The predicted octanol–water partition coefficient (Wildman–Crippen LogP) is 3.78. The summed E-state index contributed by atoms with van der Waals surface area (Å²) < 4.78 is 5.39. The van der Waals surface area contributed by atoms with Crippen LogP contribution in [-0.4, -0.2) is 83.2 Å². The number of carboxylic acid groups (broad SMARTS) is 1. The molecule has 0 saturated heterocycles. The Morgan fingerprint density at radius 2 is 1.21 bits per heavy atom. The van der Waals surface area contributed by atoms with Crippen molar-refractivity contribution in [1.29, 1.82) is 0 Å². The molecular weight excluding hydrogens is 759 g/mol. The fourth-order valence-corrected chi connectivity index (χ4v) is 7.66. The fraction of sp³-hybridized carbons (Fsp3) is 0.273. The highest BCUT2D eigenvalue weighted by atomic mass is 32.2. The molecule has 3 aliphatic heterocycles. The normalized spacial score (nSPS) is 22.3. The molecule has 5 amide bonds. The van der Waals surface area contributed by atoms with E-state index in [4.69, 9.17) is 4.74 Å². The Labute approximate surface area is 340 Å². The molecule has 0 saturated carbocycles. The van der Waals surface area contributed by atoms with Crippen molar-refractivity contribution < 1.29 is 38.6 Å². The molecule has 4 aromatic carbocycles. The van der Waals surface area contributed by atoms with Crippen LogP contribution >= 0.6 is 11.8 Å². The van der Waals surface area contributed by atoms with Crippen molar-refractivity contribution >= 4 is 53.0 Å². The topological polar surface area (TPSA) is 192 Å². The third-order valence-electron chi connectivity index (χ3n) is 9.72. The van der Waals surface area contributed by atoms with E-state index in [0.717, 1.165) is 11.1 Å². The summed E-state index contributed by atoms with van der Waals surface area (Å²) in [5, 5.41) is 25.7. The zero-order chi connectivity index (χ0) is 40.9. The molecule has 6 N–H and O–H groups in total. The Balaban J connectivity index is 1.32. The van der Waals surface area contributed by atoms with Gasteiger partial charge < -0.3 is 36.4 Å². The Morgan fingerprint density at radius 3 is 1.83 bits per heavy atom. The first kappa shape index (κ1) is 41.4. The number of anilines is 1. The van der Waals surface area contributed by atoms with Gasteiger partial charge in [0.2, 0.25) is 29.5 Å². The summed E-state index contributed by atoms with van der Waals surface area (Å²) >= 11 is 1.53. The minimum atomic E-state index is -1.36. The number of hydrogen-bond donors (Lipinski definition) is 6. The van der Waals surface area contributed by atoms with Crippen LogP contribution in [0.5, 0.6) is 0 Å². The average Bonchev–Trinajstić information content (AvgIpc) is 3.74. The molecule has 7 rings (SSSR count). The van der Waals surface area contributed by atoms with Crippen molar-refractivity contribution in [3.8, 4) is 11.1 Å². The van der Waals surface area contributed by atoms with E-state index < -0.39 is 72.9 Å². The molecule has 3 heterocycles. The Bertz CT molecular complexity index is 2090. The zero-order valence-corrected chi connectivity index (χ0v) is 32.4. The molecule has 300 valence electrons. The first-order valence-corrected chi connectivity index (χ1v) is 19.9. The van der Waals surface area contributed by atoms with Crippen LogP contribution in [0, 0.1) is 0 Å². The minimum absolute atomic E-state index is 0.0216. The number of allylic oxidation sites excluding steroid dienone is 1. The van der Waals surface area contributed by atoms with Gasteiger partial charge in [0.15, 0.2) is 0 Å². The van der Waals surface area contributed by atoms with Crippen molar-refractivity contribution in [3.63, 3.8) is 0 Å². The minimum Gasteiger partial charge on any atom is -0.480 e. The number of nitrogens with one attached hydrogen (secondary N) is 5. The fourth-order valence-electron chi connectivity index (χ4n) is 6.69. The molecule has 1 unspecified atom stereocenters. The second-order valence-electron chi connectivity index (χ2n) is 14.1. The highest BCUT2D eigenvalue weighted by molar-refractivity contribution is 8.03. The number of fused-ring (bicyclic) bond motifs is 19. The summed E-state index contributed by atoms with van der Waals surface area (Å²) in [6.07, 6.45) is 2.85. The van der Waals surface area contributed by atoms with Gasteiger partial charge in [0.1, 0.15) is 37.4 Å². The average molecular weight is 804 g/mol. The number of benzene rings is 4. The van der Waals surface area contributed by atoms with Gasteiger partial charge in [-0.15, -0.1) is 11.8 Å². The van der Waals surface area contributed by atoms with Gasteiger partial charge in [0.05, 0.1) is 0 Å². The summed E-state index contributed by atoms with van der Waals surface area (Å²) in [5.74, 6) is -4.48. The van der Waals surface area contributed by atoms with Crippen LogP contribution in [0.25, 0.3) is 11.1 Å². The summed E-state index contributed by atoms with van der Waals surface area (Å²) in [6, 6.07) is 27.8. The number of carbonyl (C=O) groups is 6. The molecule has 0 aliphatic carbocycles. The Hall–Kier alpha value is -6.25. The van der Waals surface area contributed by atoms with Gasteiger partial charge in [0.25, 0.3) is 0 Å². The molecule has 3 aliphatic rings. The Kier molecular flexibility index (Phi) is 14.5. The first-order chi connectivity index (χ1) is 28.1. The summed E-state index contributed by atoms with van der Waals surface area (Å²) in [6.45, 7) is -0.951. The summed E-state index contributed by atoms with van der Waals surface area (Å²) in [7, 11) is 0. The predicted molar refractivity (Wildman–Crippen MR) is 220 cm³/mol. The van der Waals surface area contributed by atoms with E-state index in [9.17, 15) is 33.9 Å². The molecule has 0 aromatic heterocycles. The van der Waals surface area contributed by atoms with Gasteiger partial charge in [0, 0.05) is 30.2 Å². The second kappa shape index (κ2) is 20.3. The number of rotatable bonds is 8. The van der Waals surface area contributed by atoms with Crippen molar-refractivity contribution in [2.45, 2.75) is 61.5 Å². The second-order valence-corrected chi connectivity index (χ2v) is 15.4. The monoisotopic (exact) mass is 803 g/mol. The van der Waals surface area contributed by atoms with Gasteiger partial charge >= 0.3 is 5.97 Å². The number of hydrogen-bond acceptors (Lipinski definition) is 8. The third-order valence-corrected chi connectivity index (χ3v) is 10.8. The molecule has 0 spiro atoms. The van der Waals surface area contributed by atoms with Crippen molar-refractivity contribution in [1.82, 2.24) is 21.3 Å². The van der Waals surface area contributed by atoms with Crippen LogP contribution in [0.4, 0.5) is 5.69 Å². The van der Waals surface area contributed by atoms with E-state index in [1.165, 1.54) is 11.8 Å². The van der Waals surface area contributed by atoms with Crippen LogP contribution in [0.1, 0.15) is 29.5 Å². The Morgan fingerprint density at radius 1 is 0.638 bits per heavy atom. The number of ether oxygens (including phenoxy) is 1. The molecule has 4 aromatic rings. The SMILES string of the molecule is O=C1COCC(=O)N[C@H](CC2CC=CS2)C(=O)N[C@@H](Cc2ccc(-c3ccccc3)cc2)C(=O)N[C@H](Cc2ccccc2)C(=O)N[C@H](C(=O)O)Cc2ccc(cc2)N1. The van der Waals surface area contributed by atoms with Gasteiger partial charge in [-0.1, -0.05) is 103 Å². The number of carbonyl (C=O) groups excluding carboxylic acids is 5. The van der Waals surface area contributed by atoms with E-state index in [1.54, 1.807) is 48.5 Å². The largest absolute Gasteiger partial charge is 0.480 e. The van der Waals surface area contributed by atoms with E-state index in [-0.39, 0.29) is 30.9 Å². The first-order valence-electron chi connectivity index (χ1n) is 19.0. The molecule has 0 fully saturated rings. The van der Waals surface area contributed by atoms with E-state index in [1.807, 2.05) is 72.1 Å². The maximum atomic E-state index is 14.4. The standard InChI is InChI=1S/C44H45N5O8S/c50-39-26-57-27-40(51)46-37(25-34-12-7-21-58-34)43(54)48-36(23-29-13-17-32(18-14-29)31-10-5-2-6-11-31)41(52)47-35(22-28-8-3-1-4-9-28)42(53)49-38(44(55)56)24-30-15-19-33(45-39)20-16-30/h1-11,13-21,34-38H,12,22-27H2,(H,45,50)(H,46,51)(H,47,52)(H,48,54)(H,49,53)(H,55,56)/t34?,35-,36+,37-,38+/m1/s1. The smallest absolute Gasteiger partial charge is 0.326 e. The van der Waals surface area contributed by atoms with Crippen LogP contribution in [0.3, 0.4) is 0 Å². The molecule has 2 bridgehead atoms. The van der Waals surface area contributed by atoms with E-state index in [0.29, 0.717) is 28.8 Å². The van der Waals surface area contributed by atoms with Gasteiger partial charge in [-0.05, 0) is 58.2 Å². The number of amides is 5. The zero-order valence-electron chi connectivity index (χ0n) is 31.6. The van der Waals surface area contributed by atoms with Gasteiger partial charge in [-0.25, -0.2) is 4.79 Å². The molecular formula is C44H45N5O8S. The quantitative estimate of drug-likeness (QED) is 0.144. The molecule has 13 nitrogen and oxygen atoms in total. The van der Waals surface area contributed by atoms with Gasteiger partial charge in [-0.2, -0.15) is 0 Å². The lowest BCUT2D eigenvalue weighted by atomic mass is 9.99. The number of carboxylic acids is 1. The maximum Gasteiger partial charge on any atom is 0.326 e. The van der Waals surface area contributed by atoms with Gasteiger partial charge in [-0.3, -0.25) is 24.0 Å². The van der Waals surface area contributed by atoms with Crippen LogP contribution in [-0.2, 0) is 52.8 Å². The van der Waals surface area contributed by atoms with E-state index in [2.05, 4.69) is 26.6 Å². The molecule has 0 radical (unpaired) electrons. The number of aliphatic carboxylic acids is 1. The van der Waals surface area contributed by atoms with Crippen molar-refractivity contribution in [2.75, 3.05) is 18.5 Å². The summed E-state index contributed by atoms with van der Waals surface area (Å²) in [4.78, 5) is 80.8. The van der Waals surface area contributed by atoms with Crippen molar-refractivity contribution in [3.05, 3.63) is 137 Å². The lowest BCUT2D eigenvalue weighted by Crippen LogP contribution is -2.59. The van der Waals surface area contributed by atoms with Crippen LogP contribution < -0.4 is 26.6 Å². The molecule has 58 heavy (non-hydrogen) atoms. The van der Waals surface area contributed by atoms with Crippen LogP contribution in [0.2, 0.25) is 0 Å². The molecule has 14 heteroatoms. The lowest BCUT2D eigenvalue weighted by molar-refractivity contribution is -0.142. The van der Waals surface area contributed by atoms with Crippen molar-refractivity contribution in [2.24, 2.45) is 0 Å². The highest BCUT2D eigenvalue weighted by Gasteiger charge is 2.33. The van der Waals surface area contributed by atoms with E-state index >= 15 is 0 Å². The molecule has 5 atom stereocenters. The number of thioether (sulfide) groups is 1. The maximum absolute atomic E-state index is 14.4. The van der Waals surface area contributed by atoms with Crippen LogP contribution in [0.15, 0.2) is 121 Å². The highest BCUT2D eigenvalue weighted by Crippen LogP contribution is 2.28. The third kappa shape index (κ3) is 12.1. The summed E-state index contributed by atoms with van der Waals surface area (Å²) in [5.41, 5.74) is 4.35. The lowest BCUT2D eigenvalue weighted by Gasteiger charge is -2.27.